The monoisotopic (exact) mass is 485 g/mol. The lowest BCUT2D eigenvalue weighted by molar-refractivity contribution is -0.138. The molecule has 1 aliphatic rings. The van der Waals surface area contributed by atoms with E-state index in [1.165, 1.54) is 17.5 Å². The molecule has 3 rings (SSSR count). The van der Waals surface area contributed by atoms with Gasteiger partial charge in [-0.05, 0) is 6.92 Å². The summed E-state index contributed by atoms with van der Waals surface area (Å²) in [5.74, 6) is -0.0785. The number of nitriles is 1. The number of ether oxygens (including phenoxy) is 1. The highest BCUT2D eigenvalue weighted by molar-refractivity contribution is 7.16. The number of aromatic nitrogens is 3. The molecule has 10 nitrogen and oxygen atoms in total. The van der Waals surface area contributed by atoms with Gasteiger partial charge in [0.05, 0.1) is 37.7 Å². The maximum Gasteiger partial charge on any atom is 0.423 e. The second-order valence-corrected chi connectivity index (χ2v) is 8.35. The van der Waals surface area contributed by atoms with Crippen LogP contribution in [0.3, 0.4) is 0 Å². The summed E-state index contributed by atoms with van der Waals surface area (Å²) < 4.78 is 44.7. The van der Waals surface area contributed by atoms with Crippen LogP contribution in [0.15, 0.2) is 17.2 Å². The molecule has 0 spiro atoms. The Balaban J connectivity index is 1.39. The van der Waals surface area contributed by atoms with Crippen molar-refractivity contribution >= 4 is 28.1 Å². The Bertz CT molecular complexity index is 1060. The lowest BCUT2D eigenvalue weighted by Gasteiger charge is -2.34. The van der Waals surface area contributed by atoms with Crippen LogP contribution in [0.5, 0.6) is 0 Å². The molecule has 1 atom stereocenters. The maximum absolute atomic E-state index is 13.1. The molecule has 1 aliphatic heterocycles. The Morgan fingerprint density at radius 1 is 1.36 bits per heavy atom. The standard InChI is InChI=1S/C19H22F3N7O3S/c1-12(26-14-10-25-27-17(31)16(14)19(20,21)22)11-32-7-2-15(30)28-3-5-29(6-4-28)18-24-9-13(8-23)33-18/h9-10,12H,2-7,11H2,1H3,(H2,26,27,31). The van der Waals surface area contributed by atoms with Gasteiger partial charge in [0.1, 0.15) is 16.5 Å². The van der Waals surface area contributed by atoms with E-state index in [-0.39, 0.29) is 25.5 Å². The van der Waals surface area contributed by atoms with Crippen molar-refractivity contribution in [3.63, 3.8) is 0 Å². The largest absolute Gasteiger partial charge is 0.423 e. The molecular weight excluding hydrogens is 463 g/mol. The highest BCUT2D eigenvalue weighted by atomic mass is 32.1. The summed E-state index contributed by atoms with van der Waals surface area (Å²) in [6, 6.07) is 1.50. The summed E-state index contributed by atoms with van der Waals surface area (Å²) in [7, 11) is 0. The third-order valence-electron chi connectivity index (χ3n) is 4.88. The second kappa shape index (κ2) is 10.6. The summed E-state index contributed by atoms with van der Waals surface area (Å²) in [5.41, 5.74) is -3.11. The van der Waals surface area contributed by atoms with Crippen molar-refractivity contribution in [3.05, 3.63) is 33.2 Å². The zero-order valence-electron chi connectivity index (χ0n) is 17.7. The Labute approximate surface area is 191 Å². The molecule has 2 aromatic rings. The van der Waals surface area contributed by atoms with Gasteiger partial charge < -0.3 is 19.9 Å². The number of amides is 1. The van der Waals surface area contributed by atoms with Crippen molar-refractivity contribution in [1.29, 1.82) is 5.26 Å². The Morgan fingerprint density at radius 3 is 2.73 bits per heavy atom. The summed E-state index contributed by atoms with van der Waals surface area (Å²) in [6.07, 6.45) is -2.26. The zero-order valence-corrected chi connectivity index (χ0v) is 18.5. The Kier molecular flexibility index (Phi) is 7.88. The number of carbonyl (C=O) groups excluding carboxylic acids is 1. The van der Waals surface area contributed by atoms with E-state index in [2.05, 4.69) is 21.5 Å². The van der Waals surface area contributed by atoms with Gasteiger partial charge >= 0.3 is 6.18 Å². The molecule has 0 aromatic carbocycles. The normalized spacial score (nSPS) is 15.2. The number of piperazine rings is 1. The van der Waals surface area contributed by atoms with E-state index in [0.29, 0.717) is 31.1 Å². The minimum Gasteiger partial charge on any atom is -0.379 e. The van der Waals surface area contributed by atoms with Crippen LogP contribution in [0.2, 0.25) is 0 Å². The van der Waals surface area contributed by atoms with Gasteiger partial charge in [0, 0.05) is 32.2 Å². The van der Waals surface area contributed by atoms with E-state index in [1.807, 2.05) is 4.90 Å². The van der Waals surface area contributed by atoms with Gasteiger partial charge in [-0.3, -0.25) is 9.59 Å². The predicted molar refractivity (Wildman–Crippen MR) is 114 cm³/mol. The molecule has 0 aliphatic carbocycles. The number of carbonyl (C=O) groups is 1. The van der Waals surface area contributed by atoms with Crippen molar-refractivity contribution < 1.29 is 22.7 Å². The maximum atomic E-state index is 13.1. The average molecular weight is 485 g/mol. The highest BCUT2D eigenvalue weighted by Gasteiger charge is 2.37. The number of alkyl halides is 3. The lowest BCUT2D eigenvalue weighted by Crippen LogP contribution is -2.49. The first-order valence-corrected chi connectivity index (χ1v) is 10.9. The van der Waals surface area contributed by atoms with E-state index in [4.69, 9.17) is 10.00 Å². The van der Waals surface area contributed by atoms with Gasteiger partial charge in [-0.25, -0.2) is 10.1 Å². The fourth-order valence-corrected chi connectivity index (χ4v) is 4.05. The molecule has 1 amide bonds. The molecule has 1 saturated heterocycles. The average Bonchev–Trinajstić information content (AvgIpc) is 3.25. The lowest BCUT2D eigenvalue weighted by atomic mass is 10.2. The van der Waals surface area contributed by atoms with Gasteiger partial charge in [0.25, 0.3) is 5.56 Å². The number of nitrogens with zero attached hydrogens (tertiary/aromatic N) is 5. The minimum absolute atomic E-state index is 0.0381. The first-order valence-electron chi connectivity index (χ1n) is 10.1. The Morgan fingerprint density at radius 2 is 2.09 bits per heavy atom. The topological polar surface area (TPSA) is 127 Å². The molecule has 178 valence electrons. The van der Waals surface area contributed by atoms with Gasteiger partial charge in [-0.2, -0.15) is 23.5 Å². The van der Waals surface area contributed by atoms with E-state index < -0.39 is 29.0 Å². The van der Waals surface area contributed by atoms with E-state index >= 15 is 0 Å². The number of aromatic amines is 1. The van der Waals surface area contributed by atoms with Gasteiger partial charge in [-0.1, -0.05) is 11.3 Å². The van der Waals surface area contributed by atoms with Gasteiger partial charge in [0.15, 0.2) is 5.13 Å². The predicted octanol–water partition coefficient (Wildman–Crippen LogP) is 1.67. The van der Waals surface area contributed by atoms with Crippen LogP contribution in [-0.4, -0.2) is 71.4 Å². The molecular formula is C19H22F3N7O3S. The summed E-state index contributed by atoms with van der Waals surface area (Å²) in [5, 5.41) is 17.4. The second-order valence-electron chi connectivity index (χ2n) is 7.34. The smallest absolute Gasteiger partial charge is 0.379 e. The number of halogens is 3. The van der Waals surface area contributed by atoms with Crippen molar-refractivity contribution in [2.24, 2.45) is 0 Å². The summed E-state index contributed by atoms with van der Waals surface area (Å²) in [6.45, 7) is 4.01. The fraction of sp³-hybridized carbons (Fsp3) is 0.526. The molecule has 2 N–H and O–H groups in total. The van der Waals surface area contributed by atoms with E-state index in [0.717, 1.165) is 11.3 Å². The summed E-state index contributed by atoms with van der Waals surface area (Å²) >= 11 is 1.31. The number of nitrogens with one attached hydrogen (secondary N) is 2. The van der Waals surface area contributed by atoms with Gasteiger partial charge in [0.2, 0.25) is 5.91 Å². The molecule has 1 unspecified atom stereocenters. The molecule has 0 radical (unpaired) electrons. The van der Waals surface area contributed by atoms with Crippen LogP contribution in [0.1, 0.15) is 23.8 Å². The molecule has 0 bridgehead atoms. The van der Waals surface area contributed by atoms with E-state index in [9.17, 15) is 22.8 Å². The molecule has 1 fully saturated rings. The number of anilines is 2. The fourth-order valence-electron chi connectivity index (χ4n) is 3.28. The zero-order chi connectivity index (χ0) is 24.0. The van der Waals surface area contributed by atoms with Crippen LogP contribution >= 0.6 is 11.3 Å². The van der Waals surface area contributed by atoms with Crippen LogP contribution in [0, 0.1) is 11.3 Å². The van der Waals surface area contributed by atoms with Crippen LogP contribution < -0.4 is 15.8 Å². The molecule has 33 heavy (non-hydrogen) atoms. The van der Waals surface area contributed by atoms with Crippen LogP contribution in [0.25, 0.3) is 0 Å². The van der Waals surface area contributed by atoms with Crippen molar-refractivity contribution in [2.75, 3.05) is 49.6 Å². The SMILES string of the molecule is CC(COCCC(=O)N1CCN(c2ncc(C#N)s2)CC1)Nc1cn[nH]c(=O)c1C(F)(F)F. The first-order chi connectivity index (χ1) is 15.7. The number of hydrogen-bond acceptors (Lipinski definition) is 9. The van der Waals surface area contributed by atoms with Crippen molar-refractivity contribution in [1.82, 2.24) is 20.1 Å². The molecule has 2 aromatic heterocycles. The minimum atomic E-state index is -4.83. The van der Waals surface area contributed by atoms with Crippen molar-refractivity contribution in [2.45, 2.75) is 25.6 Å². The highest BCUT2D eigenvalue weighted by Crippen LogP contribution is 2.31. The number of rotatable bonds is 8. The molecule has 0 saturated carbocycles. The van der Waals surface area contributed by atoms with E-state index in [1.54, 1.807) is 16.9 Å². The first kappa shape index (κ1) is 24.5. The number of H-pyrrole nitrogens is 1. The third-order valence-corrected chi connectivity index (χ3v) is 5.84. The van der Waals surface area contributed by atoms with Crippen LogP contribution in [-0.2, 0) is 15.7 Å². The number of thiazole rings is 1. The van der Waals surface area contributed by atoms with Crippen molar-refractivity contribution in [3.8, 4) is 6.07 Å². The quantitative estimate of drug-likeness (QED) is 0.541. The third kappa shape index (κ3) is 6.42. The number of hydrogen-bond donors (Lipinski definition) is 2. The molecule has 14 heteroatoms. The van der Waals surface area contributed by atoms with Gasteiger partial charge in [-0.15, -0.1) is 0 Å². The Hall–Kier alpha value is -3.18. The summed E-state index contributed by atoms with van der Waals surface area (Å²) in [4.78, 5) is 32.4. The van der Waals surface area contributed by atoms with Crippen LogP contribution in [0.4, 0.5) is 24.0 Å². The molecule has 3 heterocycles.